The fraction of sp³-hybridized carbons (Fsp3) is 0.143. The highest BCUT2D eigenvalue weighted by molar-refractivity contribution is 7.92. The molecular formula is C21H20N4O5S. The highest BCUT2D eigenvalue weighted by Gasteiger charge is 2.16. The van der Waals surface area contributed by atoms with Gasteiger partial charge in [-0.1, -0.05) is 0 Å². The Kier molecular flexibility index (Phi) is 6.93. The quantitative estimate of drug-likeness (QED) is 0.490. The van der Waals surface area contributed by atoms with Crippen LogP contribution < -0.4 is 14.8 Å². The minimum absolute atomic E-state index is 0.00217. The van der Waals surface area contributed by atoms with Crippen molar-refractivity contribution in [2.45, 2.75) is 17.7 Å². The summed E-state index contributed by atoms with van der Waals surface area (Å²) in [5.41, 5.74) is 0.912. The monoisotopic (exact) mass is 440 g/mol. The maximum atomic E-state index is 12.4. The molecule has 0 atom stereocenters. The lowest BCUT2D eigenvalue weighted by Crippen LogP contribution is -2.16. The molecule has 2 aromatic carbocycles. The second-order valence-corrected chi connectivity index (χ2v) is 8.08. The largest absolute Gasteiger partial charge is 0.497 e. The molecule has 0 fully saturated rings. The molecule has 3 rings (SSSR count). The summed E-state index contributed by atoms with van der Waals surface area (Å²) in [4.78, 5) is 32.0. The number of nitrogens with zero attached hydrogens (tertiary/aromatic N) is 2. The Hall–Kier alpha value is -3.79. The molecule has 2 N–H and O–H groups in total. The fourth-order valence-electron chi connectivity index (χ4n) is 2.62. The van der Waals surface area contributed by atoms with E-state index >= 15 is 0 Å². The van der Waals surface area contributed by atoms with Gasteiger partial charge in [0.25, 0.3) is 10.0 Å². The van der Waals surface area contributed by atoms with E-state index in [1.807, 2.05) is 0 Å². The Bertz CT molecular complexity index is 1150. The lowest BCUT2D eigenvalue weighted by atomic mass is 10.1. The summed E-state index contributed by atoms with van der Waals surface area (Å²) in [5, 5.41) is 2.64. The van der Waals surface area contributed by atoms with Crippen molar-refractivity contribution >= 4 is 33.3 Å². The van der Waals surface area contributed by atoms with Gasteiger partial charge in [-0.15, -0.1) is 0 Å². The molecule has 160 valence electrons. The molecule has 0 radical (unpaired) electrons. The van der Waals surface area contributed by atoms with Crippen LogP contribution in [0.3, 0.4) is 0 Å². The number of anilines is 2. The zero-order valence-corrected chi connectivity index (χ0v) is 17.4. The third-order valence-corrected chi connectivity index (χ3v) is 5.57. The van der Waals surface area contributed by atoms with Crippen LogP contribution >= 0.6 is 0 Å². The number of carbonyl (C=O) groups is 2. The van der Waals surface area contributed by atoms with Crippen LogP contribution in [0.1, 0.15) is 23.2 Å². The predicted molar refractivity (Wildman–Crippen MR) is 114 cm³/mol. The van der Waals surface area contributed by atoms with Crippen LogP contribution in [0.15, 0.2) is 71.9 Å². The van der Waals surface area contributed by atoms with Gasteiger partial charge in [-0.3, -0.25) is 9.59 Å². The van der Waals surface area contributed by atoms with Gasteiger partial charge in [-0.25, -0.2) is 23.1 Å². The van der Waals surface area contributed by atoms with Crippen LogP contribution in [0.5, 0.6) is 5.75 Å². The zero-order chi connectivity index (χ0) is 22.3. The number of aromatic nitrogens is 2. The van der Waals surface area contributed by atoms with Gasteiger partial charge in [0.05, 0.1) is 12.0 Å². The van der Waals surface area contributed by atoms with Crippen LogP contribution in [-0.2, 0) is 14.8 Å². The first-order valence-electron chi connectivity index (χ1n) is 9.24. The van der Waals surface area contributed by atoms with Crippen molar-refractivity contribution in [2.75, 3.05) is 17.1 Å². The molecule has 9 nitrogen and oxygen atoms in total. The van der Waals surface area contributed by atoms with Crippen molar-refractivity contribution in [3.05, 3.63) is 72.6 Å². The molecule has 0 unspecified atom stereocenters. The molecule has 0 spiro atoms. The van der Waals surface area contributed by atoms with E-state index in [2.05, 4.69) is 20.0 Å². The highest BCUT2D eigenvalue weighted by Crippen LogP contribution is 2.17. The third-order valence-electron chi connectivity index (χ3n) is 4.23. The Morgan fingerprint density at radius 3 is 2.19 bits per heavy atom. The molecule has 1 aromatic heterocycles. The predicted octanol–water partition coefficient (Wildman–Crippen LogP) is 2.89. The number of benzene rings is 2. The summed E-state index contributed by atoms with van der Waals surface area (Å²) in [6, 6.07) is 13.8. The minimum Gasteiger partial charge on any atom is -0.497 e. The number of Topliss-reactive ketones (excluding diaryl/α,β-unsaturated/α-hetero) is 1. The van der Waals surface area contributed by atoms with Gasteiger partial charge >= 0.3 is 0 Å². The second kappa shape index (κ2) is 9.81. The minimum atomic E-state index is -3.86. The molecule has 0 aliphatic rings. The Morgan fingerprint density at radius 2 is 1.58 bits per heavy atom. The summed E-state index contributed by atoms with van der Waals surface area (Å²) in [6.45, 7) is 0. The summed E-state index contributed by atoms with van der Waals surface area (Å²) in [5.74, 6) is 0.0920. The van der Waals surface area contributed by atoms with E-state index in [1.165, 1.54) is 43.8 Å². The number of amides is 1. The molecule has 31 heavy (non-hydrogen) atoms. The topological polar surface area (TPSA) is 127 Å². The number of rotatable bonds is 9. The average Bonchev–Trinajstić information content (AvgIpc) is 2.78. The SMILES string of the molecule is COc1ccc(C(=O)CCC(=O)Nc2ccc(S(=O)(=O)Nc3ncccn3)cc2)cc1. The first-order valence-corrected chi connectivity index (χ1v) is 10.7. The normalized spacial score (nSPS) is 10.9. The van der Waals surface area contributed by atoms with Gasteiger partial charge in [-0.05, 0) is 54.6 Å². The highest BCUT2D eigenvalue weighted by atomic mass is 32.2. The van der Waals surface area contributed by atoms with Gasteiger partial charge in [0.15, 0.2) is 5.78 Å². The van der Waals surface area contributed by atoms with Crippen molar-refractivity contribution < 1.29 is 22.7 Å². The van der Waals surface area contributed by atoms with Gasteiger partial charge < -0.3 is 10.1 Å². The van der Waals surface area contributed by atoms with Crippen molar-refractivity contribution in [2.24, 2.45) is 0 Å². The molecule has 0 aliphatic carbocycles. The zero-order valence-electron chi connectivity index (χ0n) is 16.6. The van der Waals surface area contributed by atoms with Crippen molar-refractivity contribution in [3.63, 3.8) is 0 Å². The first-order chi connectivity index (χ1) is 14.9. The number of sulfonamides is 1. The smallest absolute Gasteiger partial charge is 0.264 e. The molecule has 3 aromatic rings. The molecular weight excluding hydrogens is 420 g/mol. The standard InChI is InChI=1S/C21H20N4O5S/c1-30-17-7-3-15(4-8-17)19(26)11-12-20(27)24-16-5-9-18(10-6-16)31(28,29)25-21-22-13-2-14-23-21/h2-10,13-14H,11-12H2,1H3,(H,24,27)(H,22,23,25). The summed E-state index contributed by atoms with van der Waals surface area (Å²) >= 11 is 0. The van der Waals surface area contributed by atoms with E-state index in [0.29, 0.717) is 17.0 Å². The molecule has 0 bridgehead atoms. The van der Waals surface area contributed by atoms with Crippen molar-refractivity contribution in [1.82, 2.24) is 9.97 Å². The van der Waals surface area contributed by atoms with E-state index in [4.69, 9.17) is 4.74 Å². The number of hydrogen-bond donors (Lipinski definition) is 2. The third kappa shape index (κ3) is 6.09. The van der Waals surface area contributed by atoms with Crippen LogP contribution in [-0.4, -0.2) is 37.2 Å². The number of hydrogen-bond acceptors (Lipinski definition) is 7. The van der Waals surface area contributed by atoms with E-state index in [9.17, 15) is 18.0 Å². The number of methoxy groups -OCH3 is 1. The van der Waals surface area contributed by atoms with E-state index < -0.39 is 10.0 Å². The molecule has 1 heterocycles. The number of nitrogens with one attached hydrogen (secondary N) is 2. The van der Waals surface area contributed by atoms with Crippen LogP contribution in [0.2, 0.25) is 0 Å². The fourth-order valence-corrected chi connectivity index (χ4v) is 3.58. The summed E-state index contributed by atoms with van der Waals surface area (Å²) < 4.78 is 32.0. The Morgan fingerprint density at radius 1 is 0.935 bits per heavy atom. The van der Waals surface area contributed by atoms with Gasteiger partial charge in [0.2, 0.25) is 11.9 Å². The van der Waals surface area contributed by atoms with Crippen LogP contribution in [0.4, 0.5) is 11.6 Å². The molecule has 1 amide bonds. The van der Waals surface area contributed by atoms with Crippen molar-refractivity contribution in [3.8, 4) is 5.75 Å². The first kappa shape index (κ1) is 21.9. The van der Waals surface area contributed by atoms with Crippen LogP contribution in [0.25, 0.3) is 0 Å². The van der Waals surface area contributed by atoms with Gasteiger partial charge in [-0.2, -0.15) is 0 Å². The lowest BCUT2D eigenvalue weighted by molar-refractivity contribution is -0.116. The molecule has 0 saturated carbocycles. The summed E-state index contributed by atoms with van der Waals surface area (Å²) in [6.07, 6.45) is 2.88. The second-order valence-electron chi connectivity index (χ2n) is 6.40. The number of carbonyl (C=O) groups excluding carboxylic acids is 2. The van der Waals surface area contributed by atoms with Crippen molar-refractivity contribution in [1.29, 1.82) is 0 Å². The Balaban J connectivity index is 1.54. The Labute approximate surface area is 179 Å². The van der Waals surface area contributed by atoms with Crippen LogP contribution in [0, 0.1) is 0 Å². The maximum absolute atomic E-state index is 12.4. The van der Waals surface area contributed by atoms with E-state index in [-0.39, 0.29) is 35.4 Å². The molecule has 0 aliphatic heterocycles. The maximum Gasteiger partial charge on any atom is 0.264 e. The molecule has 0 saturated heterocycles. The van der Waals surface area contributed by atoms with E-state index in [1.54, 1.807) is 30.3 Å². The molecule has 10 heteroatoms. The number of ketones is 1. The average molecular weight is 440 g/mol. The summed E-state index contributed by atoms with van der Waals surface area (Å²) in [7, 11) is -2.32. The van der Waals surface area contributed by atoms with Gasteiger partial charge in [0.1, 0.15) is 5.75 Å². The number of ether oxygens (including phenoxy) is 1. The van der Waals surface area contributed by atoms with Gasteiger partial charge in [0, 0.05) is 36.5 Å². The van der Waals surface area contributed by atoms with E-state index in [0.717, 1.165) is 0 Å². The lowest BCUT2D eigenvalue weighted by Gasteiger charge is -2.08.